The van der Waals surface area contributed by atoms with Gasteiger partial charge in [-0.3, -0.25) is 4.79 Å². The zero-order valence-electron chi connectivity index (χ0n) is 8.73. The van der Waals surface area contributed by atoms with Gasteiger partial charge in [0.05, 0.1) is 19.8 Å². The lowest BCUT2D eigenvalue weighted by Crippen LogP contribution is -2.44. The lowest BCUT2D eigenvalue weighted by atomic mass is 10.1. The van der Waals surface area contributed by atoms with E-state index in [-0.39, 0.29) is 12.1 Å². The third-order valence-corrected chi connectivity index (χ3v) is 2.36. The number of carbonyl (C=O) groups is 1. The maximum absolute atomic E-state index is 11.1. The maximum Gasteiger partial charge on any atom is 0.322 e. The average Bonchev–Trinajstić information content (AvgIpc) is 2.16. The van der Waals surface area contributed by atoms with Gasteiger partial charge in [0, 0.05) is 19.5 Å². The number of morpholine rings is 1. The molecule has 0 radical (unpaired) electrons. The van der Waals surface area contributed by atoms with E-state index in [1.54, 1.807) is 0 Å². The fraction of sp³-hybridized carbons (Fsp3) is 0.889. The maximum atomic E-state index is 11.1. The van der Waals surface area contributed by atoms with E-state index in [1.165, 1.54) is 7.11 Å². The van der Waals surface area contributed by atoms with Crippen LogP contribution in [0.15, 0.2) is 0 Å². The highest BCUT2D eigenvalue weighted by Gasteiger charge is 2.23. The summed E-state index contributed by atoms with van der Waals surface area (Å²) in [4.78, 5) is 13.2. The summed E-state index contributed by atoms with van der Waals surface area (Å²) in [6, 6.07) is -0.573. The van der Waals surface area contributed by atoms with Crippen LogP contribution in [0, 0.1) is 0 Å². The van der Waals surface area contributed by atoms with Crippen molar-refractivity contribution < 1.29 is 14.3 Å². The quantitative estimate of drug-likeness (QED) is 0.607. The van der Waals surface area contributed by atoms with Crippen molar-refractivity contribution in [2.24, 2.45) is 5.73 Å². The number of esters is 1. The highest BCUT2D eigenvalue weighted by molar-refractivity contribution is 5.75. The standard InChI is InChI=1S/C9H18N2O3/c1-11-3-4-14-7(6-11)5-8(10)9(12)13-2/h7-8H,3-6,10H2,1-2H3. The Labute approximate surface area is 84.1 Å². The monoisotopic (exact) mass is 202 g/mol. The number of methoxy groups -OCH3 is 1. The number of likely N-dealkylation sites (N-methyl/N-ethyl adjacent to an activating group) is 1. The molecule has 82 valence electrons. The van der Waals surface area contributed by atoms with Crippen molar-refractivity contribution >= 4 is 5.97 Å². The molecule has 0 saturated carbocycles. The van der Waals surface area contributed by atoms with E-state index < -0.39 is 6.04 Å². The van der Waals surface area contributed by atoms with Gasteiger partial charge in [0.1, 0.15) is 6.04 Å². The molecule has 0 aromatic rings. The molecule has 0 aromatic heterocycles. The molecule has 2 unspecified atom stereocenters. The van der Waals surface area contributed by atoms with E-state index in [9.17, 15) is 4.79 Å². The van der Waals surface area contributed by atoms with Gasteiger partial charge in [0.15, 0.2) is 0 Å². The molecular weight excluding hydrogens is 184 g/mol. The van der Waals surface area contributed by atoms with Gasteiger partial charge in [-0.25, -0.2) is 0 Å². The first-order chi connectivity index (χ1) is 6.63. The lowest BCUT2D eigenvalue weighted by molar-refractivity contribution is -0.143. The summed E-state index contributed by atoms with van der Waals surface area (Å²) in [7, 11) is 3.37. The van der Waals surface area contributed by atoms with Crippen LogP contribution in [0.3, 0.4) is 0 Å². The van der Waals surface area contributed by atoms with Crippen LogP contribution >= 0.6 is 0 Å². The summed E-state index contributed by atoms with van der Waals surface area (Å²) in [5, 5.41) is 0. The minimum absolute atomic E-state index is 0.0443. The second kappa shape index (κ2) is 5.29. The molecule has 1 fully saturated rings. The summed E-state index contributed by atoms with van der Waals surface area (Å²) in [5.74, 6) is -0.373. The number of nitrogens with two attached hydrogens (primary N) is 1. The molecule has 1 saturated heterocycles. The Morgan fingerprint density at radius 2 is 2.50 bits per heavy atom. The SMILES string of the molecule is COC(=O)C(N)CC1CN(C)CCO1. The van der Waals surface area contributed by atoms with Crippen LogP contribution in [0.4, 0.5) is 0 Å². The van der Waals surface area contributed by atoms with Crippen molar-refractivity contribution in [3.63, 3.8) is 0 Å². The Kier molecular flexibility index (Phi) is 4.31. The summed E-state index contributed by atoms with van der Waals surface area (Å²) in [5.41, 5.74) is 5.63. The Morgan fingerprint density at radius 3 is 3.07 bits per heavy atom. The van der Waals surface area contributed by atoms with Gasteiger partial charge < -0.3 is 20.1 Å². The molecule has 2 atom stereocenters. The van der Waals surface area contributed by atoms with E-state index in [0.29, 0.717) is 13.0 Å². The van der Waals surface area contributed by atoms with E-state index in [0.717, 1.165) is 13.1 Å². The lowest BCUT2D eigenvalue weighted by Gasteiger charge is -2.30. The average molecular weight is 202 g/mol. The van der Waals surface area contributed by atoms with E-state index >= 15 is 0 Å². The van der Waals surface area contributed by atoms with Crippen molar-refractivity contribution in [3.05, 3.63) is 0 Å². The zero-order chi connectivity index (χ0) is 10.6. The molecule has 14 heavy (non-hydrogen) atoms. The second-order valence-electron chi connectivity index (χ2n) is 3.62. The van der Waals surface area contributed by atoms with Crippen LogP contribution in [-0.2, 0) is 14.3 Å². The largest absolute Gasteiger partial charge is 0.468 e. The minimum atomic E-state index is -0.573. The second-order valence-corrected chi connectivity index (χ2v) is 3.62. The van der Waals surface area contributed by atoms with Crippen LogP contribution in [0.1, 0.15) is 6.42 Å². The van der Waals surface area contributed by atoms with Gasteiger partial charge in [-0.1, -0.05) is 0 Å². The topological polar surface area (TPSA) is 64.8 Å². The summed E-state index contributed by atoms with van der Waals surface area (Å²) in [6.07, 6.45) is 0.569. The Balaban J connectivity index is 2.32. The van der Waals surface area contributed by atoms with Crippen molar-refractivity contribution in [1.82, 2.24) is 4.90 Å². The summed E-state index contributed by atoms with van der Waals surface area (Å²) in [6.45, 7) is 2.46. The van der Waals surface area contributed by atoms with Crippen LogP contribution < -0.4 is 5.73 Å². The smallest absolute Gasteiger partial charge is 0.322 e. The highest BCUT2D eigenvalue weighted by Crippen LogP contribution is 2.08. The summed E-state index contributed by atoms with van der Waals surface area (Å²) < 4.78 is 10.0. The predicted molar refractivity (Wildman–Crippen MR) is 51.8 cm³/mol. The van der Waals surface area contributed by atoms with Crippen LogP contribution in [-0.4, -0.2) is 56.9 Å². The number of hydrogen-bond acceptors (Lipinski definition) is 5. The number of hydrogen-bond donors (Lipinski definition) is 1. The fourth-order valence-electron chi connectivity index (χ4n) is 1.54. The van der Waals surface area contributed by atoms with Gasteiger partial charge >= 0.3 is 5.97 Å². The third kappa shape index (κ3) is 3.25. The van der Waals surface area contributed by atoms with Gasteiger partial charge in [-0.05, 0) is 7.05 Å². The van der Waals surface area contributed by atoms with Crippen molar-refractivity contribution in [1.29, 1.82) is 0 Å². The molecule has 0 spiro atoms. The van der Waals surface area contributed by atoms with Gasteiger partial charge in [0.2, 0.25) is 0 Å². The Bertz CT molecular complexity index is 198. The molecule has 0 bridgehead atoms. The molecule has 2 N–H and O–H groups in total. The van der Waals surface area contributed by atoms with Crippen LogP contribution in [0.5, 0.6) is 0 Å². The van der Waals surface area contributed by atoms with Crippen molar-refractivity contribution in [2.75, 3.05) is 33.9 Å². The Morgan fingerprint density at radius 1 is 1.79 bits per heavy atom. The van der Waals surface area contributed by atoms with E-state index in [1.807, 2.05) is 7.05 Å². The zero-order valence-corrected chi connectivity index (χ0v) is 8.73. The van der Waals surface area contributed by atoms with Gasteiger partial charge in [0.25, 0.3) is 0 Å². The van der Waals surface area contributed by atoms with Crippen molar-refractivity contribution in [2.45, 2.75) is 18.6 Å². The van der Waals surface area contributed by atoms with Gasteiger partial charge in [-0.2, -0.15) is 0 Å². The van der Waals surface area contributed by atoms with Crippen LogP contribution in [0.2, 0.25) is 0 Å². The molecule has 1 aliphatic rings. The summed E-state index contributed by atoms with van der Waals surface area (Å²) >= 11 is 0. The molecule has 0 aromatic carbocycles. The number of nitrogens with zero attached hydrogens (tertiary/aromatic N) is 1. The third-order valence-electron chi connectivity index (χ3n) is 2.36. The first-order valence-electron chi connectivity index (χ1n) is 4.77. The molecule has 0 amide bonds. The number of carbonyl (C=O) groups excluding carboxylic acids is 1. The molecule has 5 nitrogen and oxygen atoms in total. The number of rotatable bonds is 3. The fourth-order valence-corrected chi connectivity index (χ4v) is 1.54. The minimum Gasteiger partial charge on any atom is -0.468 e. The normalized spacial score (nSPS) is 25.8. The van der Waals surface area contributed by atoms with E-state index in [2.05, 4.69) is 9.64 Å². The Hall–Kier alpha value is -0.650. The first kappa shape index (κ1) is 11.4. The molecular formula is C9H18N2O3. The van der Waals surface area contributed by atoms with Crippen molar-refractivity contribution in [3.8, 4) is 0 Å². The van der Waals surface area contributed by atoms with Crippen LogP contribution in [0.25, 0.3) is 0 Å². The molecule has 1 aliphatic heterocycles. The molecule has 1 rings (SSSR count). The van der Waals surface area contributed by atoms with E-state index in [4.69, 9.17) is 10.5 Å². The number of ether oxygens (including phenoxy) is 2. The predicted octanol–water partition coefficient (Wildman–Crippen LogP) is -0.793. The first-order valence-corrected chi connectivity index (χ1v) is 4.77. The highest BCUT2D eigenvalue weighted by atomic mass is 16.5. The van der Waals surface area contributed by atoms with Gasteiger partial charge in [-0.15, -0.1) is 0 Å². The molecule has 0 aliphatic carbocycles. The molecule has 5 heteroatoms. The molecule has 1 heterocycles.